The number of hydrogen-bond donors (Lipinski definition) is 1. The Balaban J connectivity index is 4.37. The average Bonchev–Trinajstić information content (AvgIpc) is 3.06. The molecule has 2 unspecified atom stereocenters. The van der Waals surface area contributed by atoms with Gasteiger partial charge in [0.25, 0.3) is 0 Å². The molecule has 0 aromatic carbocycles. The van der Waals surface area contributed by atoms with Gasteiger partial charge >= 0.3 is 17.9 Å². The lowest BCUT2D eigenvalue weighted by Gasteiger charge is -2.31. The maximum Gasteiger partial charge on any atom is 0.362 e. The van der Waals surface area contributed by atoms with Gasteiger partial charge < -0.3 is 23.8 Å². The van der Waals surface area contributed by atoms with Crippen LogP contribution in [0, 0.1) is 0 Å². The van der Waals surface area contributed by atoms with Crippen LogP contribution < -0.4 is 0 Å². The number of carbonyl (C=O) groups excluding carboxylic acids is 2. The van der Waals surface area contributed by atoms with Gasteiger partial charge in [0.15, 0.2) is 12.1 Å². The minimum Gasteiger partial charge on any atom is -0.477 e. The van der Waals surface area contributed by atoms with Crippen LogP contribution in [0.15, 0.2) is 12.2 Å². The van der Waals surface area contributed by atoms with Crippen molar-refractivity contribution in [2.75, 3.05) is 41.0 Å². The molecule has 50 heavy (non-hydrogen) atoms. The topological polar surface area (TPSA) is 99.1 Å². The molecule has 8 heteroatoms. The highest BCUT2D eigenvalue weighted by Crippen LogP contribution is 2.15. The molecular formula is C42H80NO7+. The van der Waals surface area contributed by atoms with Crippen molar-refractivity contribution in [2.24, 2.45) is 0 Å². The number of rotatable bonds is 37. The van der Waals surface area contributed by atoms with Crippen molar-refractivity contribution in [1.29, 1.82) is 0 Å². The molecule has 0 aromatic heterocycles. The monoisotopic (exact) mass is 711 g/mol. The molecule has 8 nitrogen and oxygen atoms in total. The molecule has 1 N–H and O–H groups in total. The maximum absolute atomic E-state index is 12.7. The van der Waals surface area contributed by atoms with Crippen LogP contribution in [0.2, 0.25) is 0 Å². The number of unbranched alkanes of at least 4 members (excludes halogenated alkanes) is 21. The fraction of sp³-hybridized carbons (Fsp3) is 0.881. The standard InChI is InChI=1S/C42H79NO7/c1-6-8-10-12-14-16-18-20-21-23-25-27-29-31-33-41(45)50-38(36-48-35-34-39(42(46)47)43(3,4)5)37-49-40(44)32-30-28-26-24-22-19-17-15-13-11-9-7-2/h15,17,38-39H,6-14,16,18-37H2,1-5H3/p+1/b17-15+. The first-order chi connectivity index (χ1) is 24.1. The van der Waals surface area contributed by atoms with Crippen molar-refractivity contribution in [3.63, 3.8) is 0 Å². The summed E-state index contributed by atoms with van der Waals surface area (Å²) in [5, 5.41) is 9.59. The Kier molecular flexibility index (Phi) is 32.9. The summed E-state index contributed by atoms with van der Waals surface area (Å²) in [6.45, 7) is 4.71. The zero-order valence-electron chi connectivity index (χ0n) is 33.4. The van der Waals surface area contributed by atoms with Gasteiger partial charge in [-0.25, -0.2) is 4.79 Å². The number of likely N-dealkylation sites (N-methyl/N-ethyl adjacent to an activating group) is 1. The summed E-state index contributed by atoms with van der Waals surface area (Å²) in [6.07, 6.45) is 33.9. The van der Waals surface area contributed by atoms with Gasteiger partial charge in [-0.2, -0.15) is 0 Å². The number of allylic oxidation sites excluding steroid dienone is 2. The fourth-order valence-corrected chi connectivity index (χ4v) is 6.14. The van der Waals surface area contributed by atoms with Gasteiger partial charge in [-0.15, -0.1) is 0 Å². The molecule has 0 heterocycles. The van der Waals surface area contributed by atoms with Crippen LogP contribution in [-0.2, 0) is 28.6 Å². The molecule has 0 fully saturated rings. The lowest BCUT2D eigenvalue weighted by atomic mass is 10.0. The number of carbonyl (C=O) groups is 3. The van der Waals surface area contributed by atoms with E-state index in [9.17, 15) is 19.5 Å². The first kappa shape index (κ1) is 48.1. The highest BCUT2D eigenvalue weighted by Gasteiger charge is 2.31. The molecular weight excluding hydrogens is 630 g/mol. The second-order valence-electron chi connectivity index (χ2n) is 15.2. The average molecular weight is 711 g/mol. The van der Waals surface area contributed by atoms with E-state index in [0.717, 1.165) is 44.9 Å². The molecule has 294 valence electrons. The lowest BCUT2D eigenvalue weighted by molar-refractivity contribution is -0.887. The molecule has 0 aliphatic heterocycles. The third kappa shape index (κ3) is 32.0. The quantitative estimate of drug-likeness (QED) is 0.0296. The van der Waals surface area contributed by atoms with Crippen LogP contribution in [0.1, 0.15) is 187 Å². The van der Waals surface area contributed by atoms with Gasteiger partial charge in [0.2, 0.25) is 0 Å². The summed E-state index contributed by atoms with van der Waals surface area (Å²) in [5.41, 5.74) is 0. The molecule has 0 aliphatic rings. The summed E-state index contributed by atoms with van der Waals surface area (Å²) in [7, 11) is 5.52. The first-order valence-corrected chi connectivity index (χ1v) is 20.7. The Labute approximate surface area is 308 Å². The summed E-state index contributed by atoms with van der Waals surface area (Å²) in [6, 6.07) is -0.610. The van der Waals surface area contributed by atoms with Crippen molar-refractivity contribution in [2.45, 2.75) is 199 Å². The van der Waals surface area contributed by atoms with Gasteiger partial charge in [-0.05, 0) is 38.5 Å². The van der Waals surface area contributed by atoms with Gasteiger partial charge in [0.1, 0.15) is 6.61 Å². The number of carboxylic acids is 1. The third-order valence-corrected chi connectivity index (χ3v) is 9.41. The van der Waals surface area contributed by atoms with Crippen molar-refractivity contribution in [3.05, 3.63) is 12.2 Å². The lowest BCUT2D eigenvalue weighted by Crippen LogP contribution is -2.50. The number of quaternary nitrogens is 1. The number of esters is 2. The van der Waals surface area contributed by atoms with Crippen molar-refractivity contribution in [1.82, 2.24) is 0 Å². The highest BCUT2D eigenvalue weighted by atomic mass is 16.6. The number of hydrogen-bond acceptors (Lipinski definition) is 6. The molecule has 0 rings (SSSR count). The predicted molar refractivity (Wildman–Crippen MR) is 206 cm³/mol. The van der Waals surface area contributed by atoms with Crippen LogP contribution in [0.25, 0.3) is 0 Å². The van der Waals surface area contributed by atoms with Gasteiger partial charge in [-0.1, -0.05) is 142 Å². The Hall–Kier alpha value is -1.93. The second kappa shape index (κ2) is 34.2. The molecule has 0 saturated heterocycles. The molecule has 0 bridgehead atoms. The van der Waals surface area contributed by atoms with Crippen LogP contribution >= 0.6 is 0 Å². The van der Waals surface area contributed by atoms with Gasteiger partial charge in [0, 0.05) is 19.3 Å². The van der Waals surface area contributed by atoms with Crippen LogP contribution in [0.4, 0.5) is 0 Å². The zero-order valence-corrected chi connectivity index (χ0v) is 33.4. The number of aliphatic carboxylic acids is 1. The zero-order chi connectivity index (χ0) is 37.1. The first-order valence-electron chi connectivity index (χ1n) is 20.7. The Morgan fingerprint density at radius 1 is 0.580 bits per heavy atom. The van der Waals surface area contributed by atoms with Gasteiger partial charge in [-0.3, -0.25) is 9.59 Å². The van der Waals surface area contributed by atoms with Crippen LogP contribution in [-0.4, -0.2) is 80.6 Å². The third-order valence-electron chi connectivity index (χ3n) is 9.41. The molecule has 0 aromatic rings. The molecule has 0 amide bonds. The molecule has 0 aliphatic carbocycles. The van der Waals surface area contributed by atoms with E-state index in [1.54, 1.807) is 0 Å². The van der Waals surface area contributed by atoms with Gasteiger partial charge in [0.05, 0.1) is 34.4 Å². The maximum atomic E-state index is 12.7. The Bertz CT molecular complexity index is 838. The summed E-state index contributed by atoms with van der Waals surface area (Å²) in [4.78, 5) is 36.8. The Morgan fingerprint density at radius 3 is 1.48 bits per heavy atom. The number of carboxylic acid groups (broad SMARTS) is 1. The molecule has 0 radical (unpaired) electrons. The van der Waals surface area contributed by atoms with E-state index in [1.807, 2.05) is 21.1 Å². The van der Waals surface area contributed by atoms with E-state index >= 15 is 0 Å². The smallest absolute Gasteiger partial charge is 0.362 e. The van der Waals surface area contributed by atoms with Crippen molar-refractivity contribution >= 4 is 17.9 Å². The second-order valence-corrected chi connectivity index (χ2v) is 15.2. The molecule has 0 saturated carbocycles. The summed E-state index contributed by atoms with van der Waals surface area (Å²) >= 11 is 0. The predicted octanol–water partition coefficient (Wildman–Crippen LogP) is 10.7. The van der Waals surface area contributed by atoms with E-state index in [0.29, 0.717) is 19.3 Å². The van der Waals surface area contributed by atoms with Crippen molar-refractivity contribution < 1.29 is 38.2 Å². The largest absolute Gasteiger partial charge is 0.477 e. The number of nitrogens with zero attached hydrogens (tertiary/aromatic N) is 1. The van der Waals surface area contributed by atoms with Crippen molar-refractivity contribution in [3.8, 4) is 0 Å². The fourth-order valence-electron chi connectivity index (χ4n) is 6.14. The van der Waals surface area contributed by atoms with Crippen LogP contribution in [0.5, 0.6) is 0 Å². The van der Waals surface area contributed by atoms with E-state index in [1.165, 1.54) is 109 Å². The SMILES string of the molecule is CCCCC/C=C/CCCCCCCC(=O)OCC(COCCC(C(=O)O)[N+](C)(C)C)OC(=O)CCCCCCCCCCCCCCCC. The molecule has 0 spiro atoms. The Morgan fingerprint density at radius 2 is 1.00 bits per heavy atom. The summed E-state index contributed by atoms with van der Waals surface area (Å²) < 4.78 is 17.2. The van der Waals surface area contributed by atoms with E-state index in [-0.39, 0.29) is 36.2 Å². The van der Waals surface area contributed by atoms with Crippen LogP contribution in [0.3, 0.4) is 0 Å². The van der Waals surface area contributed by atoms with E-state index in [2.05, 4.69) is 26.0 Å². The van der Waals surface area contributed by atoms with E-state index in [4.69, 9.17) is 14.2 Å². The minimum absolute atomic E-state index is 0.0500. The molecule has 2 atom stereocenters. The minimum atomic E-state index is -0.874. The van der Waals surface area contributed by atoms with E-state index < -0.39 is 18.1 Å². The normalized spacial score (nSPS) is 13.1. The summed E-state index contributed by atoms with van der Waals surface area (Å²) in [5.74, 6) is -1.47. The number of ether oxygens (including phenoxy) is 3. The highest BCUT2D eigenvalue weighted by molar-refractivity contribution is 5.72.